The fraction of sp³-hybridized carbons (Fsp3) is 1.00. The molecule has 0 aromatic carbocycles. The Bertz CT molecular complexity index is 778. The summed E-state index contributed by atoms with van der Waals surface area (Å²) in [5.41, 5.74) is -0.581. The third-order valence-corrected chi connectivity index (χ3v) is 7.78. The van der Waals surface area contributed by atoms with Gasteiger partial charge in [0.1, 0.15) is 0 Å². The van der Waals surface area contributed by atoms with E-state index in [1.54, 1.807) is 0 Å². The number of alkyl halides is 13. The maximum atomic E-state index is 14.4. The first-order valence-corrected chi connectivity index (χ1v) is 11.3. The lowest BCUT2D eigenvalue weighted by atomic mass is 9.74. The average molecular weight is 540 g/mol. The summed E-state index contributed by atoms with van der Waals surface area (Å²) in [6.07, 6.45) is -5.55. The van der Waals surface area contributed by atoms with E-state index >= 15 is 0 Å². The van der Waals surface area contributed by atoms with Crippen LogP contribution in [0.2, 0.25) is 0 Å². The lowest BCUT2D eigenvalue weighted by Gasteiger charge is -2.41. The van der Waals surface area contributed by atoms with Crippen LogP contribution in [0.4, 0.5) is 57.1 Å². The molecule has 0 amide bonds. The van der Waals surface area contributed by atoms with Gasteiger partial charge in [-0.05, 0) is 55.8 Å². The number of ether oxygens (including phenoxy) is 1. The highest BCUT2D eigenvalue weighted by molar-refractivity contribution is 5.12. The van der Waals surface area contributed by atoms with Crippen LogP contribution in [0.1, 0.15) is 64.7 Å². The Labute approximate surface area is 192 Å². The van der Waals surface area contributed by atoms with Gasteiger partial charge in [0.2, 0.25) is 0 Å². The van der Waals surface area contributed by atoms with E-state index in [9.17, 15) is 57.1 Å². The summed E-state index contributed by atoms with van der Waals surface area (Å²) in [5, 5.41) is 0. The molecular formula is C21H25F13O. The second-order valence-corrected chi connectivity index (χ2v) is 10.2. The first-order valence-electron chi connectivity index (χ1n) is 11.3. The molecule has 1 saturated heterocycles. The minimum absolute atomic E-state index is 0.0237. The van der Waals surface area contributed by atoms with Gasteiger partial charge in [-0.15, -0.1) is 0 Å². The number of rotatable bonds is 11. The van der Waals surface area contributed by atoms with E-state index in [0.717, 1.165) is 19.3 Å². The van der Waals surface area contributed by atoms with Gasteiger partial charge in [0.15, 0.2) is 0 Å². The quantitative estimate of drug-likeness (QED) is 0.190. The second-order valence-electron chi connectivity index (χ2n) is 10.2. The lowest BCUT2D eigenvalue weighted by Crippen LogP contribution is -2.70. The Kier molecular flexibility index (Phi) is 6.98. The third-order valence-electron chi connectivity index (χ3n) is 7.78. The van der Waals surface area contributed by atoms with Crippen molar-refractivity contribution in [3.8, 4) is 0 Å². The molecule has 2 aliphatic carbocycles. The number of epoxide rings is 1. The number of hydrogen-bond donors (Lipinski definition) is 0. The van der Waals surface area contributed by atoms with E-state index in [2.05, 4.69) is 0 Å². The van der Waals surface area contributed by atoms with E-state index in [1.807, 2.05) is 6.92 Å². The van der Waals surface area contributed by atoms with E-state index < -0.39 is 59.5 Å². The predicted molar refractivity (Wildman–Crippen MR) is 96.1 cm³/mol. The van der Waals surface area contributed by atoms with E-state index in [1.165, 1.54) is 0 Å². The van der Waals surface area contributed by atoms with Crippen LogP contribution >= 0.6 is 0 Å². The summed E-state index contributed by atoms with van der Waals surface area (Å²) in [6, 6.07) is 0. The standard InChI is InChI=1S/C21H25F13O/c1-2-3-4-13-14(35-13)10-15-6-5-11(7-15)12(8-15)9-16(22,23)17(24,25)18(26,27)19(28,29)20(30,31)21(32,33)34/h11-14H,2-10H2,1H3. The van der Waals surface area contributed by atoms with Crippen LogP contribution in [0.15, 0.2) is 0 Å². The molecule has 35 heavy (non-hydrogen) atoms. The zero-order chi connectivity index (χ0) is 26.9. The molecule has 2 saturated carbocycles. The molecular weight excluding hydrogens is 515 g/mol. The summed E-state index contributed by atoms with van der Waals surface area (Å²) in [5.74, 6) is -38.3. The summed E-state index contributed by atoms with van der Waals surface area (Å²) in [7, 11) is 0. The zero-order valence-corrected chi connectivity index (χ0v) is 18.5. The molecule has 14 heteroatoms. The van der Waals surface area contributed by atoms with Crippen LogP contribution in [0.25, 0.3) is 0 Å². The molecule has 0 radical (unpaired) electrons. The normalized spacial score (nSPS) is 32.4. The van der Waals surface area contributed by atoms with Gasteiger partial charge >= 0.3 is 35.8 Å². The molecule has 1 aliphatic heterocycles. The molecule has 5 atom stereocenters. The molecule has 0 aromatic heterocycles. The fourth-order valence-corrected chi connectivity index (χ4v) is 5.77. The number of unbranched alkanes of at least 4 members (excludes halogenated alkanes) is 1. The molecule has 5 unspecified atom stereocenters. The van der Waals surface area contributed by atoms with Crippen LogP contribution in [0, 0.1) is 17.3 Å². The molecule has 0 aromatic rings. The Hall–Kier alpha value is -0.950. The Morgan fingerprint density at radius 3 is 1.86 bits per heavy atom. The van der Waals surface area contributed by atoms with Crippen molar-refractivity contribution in [3.63, 3.8) is 0 Å². The highest BCUT2D eigenvalue weighted by Gasteiger charge is 2.90. The van der Waals surface area contributed by atoms with Gasteiger partial charge in [-0.2, -0.15) is 57.1 Å². The van der Waals surface area contributed by atoms with Crippen molar-refractivity contribution in [1.82, 2.24) is 0 Å². The largest absolute Gasteiger partial charge is 0.460 e. The van der Waals surface area contributed by atoms with Gasteiger partial charge in [-0.3, -0.25) is 0 Å². The number of fused-ring (bicyclic) bond motifs is 2. The third kappa shape index (κ3) is 4.51. The summed E-state index contributed by atoms with van der Waals surface area (Å²) in [6.45, 7) is 1.97. The monoisotopic (exact) mass is 540 g/mol. The number of halogens is 13. The predicted octanol–water partition coefficient (Wildman–Crippen LogP) is 8.27. The Morgan fingerprint density at radius 2 is 1.31 bits per heavy atom. The van der Waals surface area contributed by atoms with Gasteiger partial charge in [0, 0.05) is 6.42 Å². The van der Waals surface area contributed by atoms with Crippen LogP contribution < -0.4 is 0 Å². The highest BCUT2D eigenvalue weighted by atomic mass is 19.4. The number of hydrogen-bond acceptors (Lipinski definition) is 1. The molecule has 3 rings (SSSR count). The lowest BCUT2D eigenvalue weighted by molar-refractivity contribution is -0.440. The van der Waals surface area contributed by atoms with Crippen molar-refractivity contribution >= 4 is 0 Å². The maximum absolute atomic E-state index is 14.4. The molecule has 2 bridgehead atoms. The Morgan fingerprint density at radius 1 is 0.743 bits per heavy atom. The van der Waals surface area contributed by atoms with Crippen molar-refractivity contribution in [2.75, 3.05) is 0 Å². The maximum Gasteiger partial charge on any atom is 0.460 e. The van der Waals surface area contributed by atoms with Gasteiger partial charge in [0.05, 0.1) is 12.2 Å². The molecule has 0 spiro atoms. The van der Waals surface area contributed by atoms with E-state index in [4.69, 9.17) is 4.74 Å². The molecule has 0 N–H and O–H groups in total. The minimum atomic E-state index is -7.84. The van der Waals surface area contributed by atoms with Gasteiger partial charge < -0.3 is 4.74 Å². The first-order chi connectivity index (χ1) is 15.7. The fourth-order valence-electron chi connectivity index (χ4n) is 5.77. The average Bonchev–Trinajstić information content (AvgIpc) is 3.15. The first kappa shape index (κ1) is 28.6. The topological polar surface area (TPSA) is 12.5 Å². The second kappa shape index (κ2) is 8.54. The summed E-state index contributed by atoms with van der Waals surface area (Å²) >= 11 is 0. The molecule has 1 nitrogen and oxygen atoms in total. The van der Waals surface area contributed by atoms with Gasteiger partial charge in [0.25, 0.3) is 0 Å². The smallest absolute Gasteiger partial charge is 0.370 e. The van der Waals surface area contributed by atoms with Crippen molar-refractivity contribution in [3.05, 3.63) is 0 Å². The van der Waals surface area contributed by atoms with Crippen molar-refractivity contribution in [2.24, 2.45) is 17.3 Å². The Balaban J connectivity index is 1.74. The minimum Gasteiger partial charge on any atom is -0.370 e. The van der Waals surface area contributed by atoms with E-state index in [-0.39, 0.29) is 25.0 Å². The van der Waals surface area contributed by atoms with Crippen LogP contribution in [0.3, 0.4) is 0 Å². The van der Waals surface area contributed by atoms with Crippen molar-refractivity contribution in [2.45, 2.75) is 113 Å². The molecule has 3 aliphatic rings. The highest BCUT2D eigenvalue weighted by Crippen LogP contribution is 2.65. The van der Waals surface area contributed by atoms with Crippen molar-refractivity contribution in [1.29, 1.82) is 0 Å². The zero-order valence-electron chi connectivity index (χ0n) is 18.5. The van der Waals surface area contributed by atoms with Gasteiger partial charge in [-0.1, -0.05) is 19.8 Å². The van der Waals surface area contributed by atoms with Crippen LogP contribution in [-0.2, 0) is 4.74 Å². The molecule has 1 heterocycles. The summed E-state index contributed by atoms with van der Waals surface area (Å²) < 4.78 is 180. The van der Waals surface area contributed by atoms with Crippen LogP contribution in [0.5, 0.6) is 0 Å². The summed E-state index contributed by atoms with van der Waals surface area (Å²) in [4.78, 5) is 0. The van der Waals surface area contributed by atoms with E-state index in [0.29, 0.717) is 19.3 Å². The SMILES string of the molecule is CCCCC1OC1CC12CCC(C1)C(CC(F)(F)C(F)(F)C(F)(F)C(F)(F)C(F)(F)C(F)(F)F)C2. The molecule has 206 valence electrons. The molecule has 3 fully saturated rings. The van der Waals surface area contributed by atoms with Crippen LogP contribution in [-0.4, -0.2) is 48.0 Å². The van der Waals surface area contributed by atoms with Crippen molar-refractivity contribution < 1.29 is 61.8 Å². The van der Waals surface area contributed by atoms with Gasteiger partial charge in [-0.25, -0.2) is 0 Å².